The molecule has 0 bridgehead atoms. The zero-order valence-corrected chi connectivity index (χ0v) is 7.79. The molecule has 12 heavy (non-hydrogen) atoms. The van der Waals surface area contributed by atoms with Gasteiger partial charge in [0, 0.05) is 21.3 Å². The Kier molecular flexibility index (Phi) is 5.61. The third-order valence-electron chi connectivity index (χ3n) is 1.34. The average molecular weight is 177 g/mol. The van der Waals surface area contributed by atoms with E-state index in [1.807, 2.05) is 0 Å². The van der Waals surface area contributed by atoms with Crippen LogP contribution in [0.2, 0.25) is 0 Å². The summed E-state index contributed by atoms with van der Waals surface area (Å²) in [6.45, 7) is 1.71. The Labute approximate surface area is 72.0 Å². The number of hydrogen-bond donors (Lipinski definition) is 1. The standard InChI is InChI=1S/C7H15NO4/c1-5(10-2)8-6(9)7(11-3)12-4/h5,7H,1-4H3,(H,8,9). The van der Waals surface area contributed by atoms with Crippen molar-refractivity contribution in [2.45, 2.75) is 19.4 Å². The molecule has 5 heteroatoms. The number of methoxy groups -OCH3 is 3. The number of rotatable bonds is 5. The Hall–Kier alpha value is -0.650. The lowest BCUT2D eigenvalue weighted by molar-refractivity contribution is -0.162. The van der Waals surface area contributed by atoms with Gasteiger partial charge in [-0.05, 0) is 6.92 Å². The van der Waals surface area contributed by atoms with Gasteiger partial charge in [-0.25, -0.2) is 0 Å². The van der Waals surface area contributed by atoms with Gasteiger partial charge in [0.05, 0.1) is 0 Å². The quantitative estimate of drug-likeness (QED) is 0.586. The lowest BCUT2D eigenvalue weighted by Crippen LogP contribution is -2.42. The van der Waals surface area contributed by atoms with Gasteiger partial charge < -0.3 is 19.5 Å². The maximum Gasteiger partial charge on any atom is 0.278 e. The van der Waals surface area contributed by atoms with Gasteiger partial charge in [-0.2, -0.15) is 0 Å². The Bertz CT molecular complexity index is 135. The zero-order chi connectivity index (χ0) is 9.56. The minimum absolute atomic E-state index is 0.342. The van der Waals surface area contributed by atoms with Crippen LogP contribution >= 0.6 is 0 Å². The van der Waals surface area contributed by atoms with Crippen molar-refractivity contribution in [2.24, 2.45) is 0 Å². The molecule has 1 unspecified atom stereocenters. The average Bonchev–Trinajstić information content (AvgIpc) is 2.06. The van der Waals surface area contributed by atoms with Gasteiger partial charge in [0.15, 0.2) is 0 Å². The van der Waals surface area contributed by atoms with Gasteiger partial charge >= 0.3 is 0 Å². The first-order valence-electron chi connectivity index (χ1n) is 3.54. The summed E-state index contributed by atoms with van der Waals surface area (Å²) in [6, 6.07) is 0. The Morgan fingerprint density at radius 3 is 2.00 bits per heavy atom. The molecule has 0 aromatic rings. The molecule has 0 aliphatic carbocycles. The highest BCUT2D eigenvalue weighted by atomic mass is 16.7. The minimum Gasteiger partial charge on any atom is -0.362 e. The van der Waals surface area contributed by atoms with Gasteiger partial charge in [0.1, 0.15) is 6.23 Å². The summed E-state index contributed by atoms with van der Waals surface area (Å²) < 4.78 is 14.3. The fraction of sp³-hybridized carbons (Fsp3) is 0.857. The van der Waals surface area contributed by atoms with E-state index in [1.165, 1.54) is 21.3 Å². The van der Waals surface area contributed by atoms with Crippen molar-refractivity contribution in [1.82, 2.24) is 5.32 Å². The van der Waals surface area contributed by atoms with Crippen LogP contribution in [0.25, 0.3) is 0 Å². The van der Waals surface area contributed by atoms with Gasteiger partial charge in [-0.15, -0.1) is 0 Å². The highest BCUT2D eigenvalue weighted by Crippen LogP contribution is 1.92. The molecular formula is C7H15NO4. The van der Waals surface area contributed by atoms with Crippen molar-refractivity contribution >= 4 is 5.91 Å². The van der Waals surface area contributed by atoms with Crippen LogP contribution in [0.15, 0.2) is 0 Å². The molecule has 0 aromatic carbocycles. The van der Waals surface area contributed by atoms with E-state index in [2.05, 4.69) is 5.32 Å². The monoisotopic (exact) mass is 177 g/mol. The van der Waals surface area contributed by atoms with Crippen LogP contribution in [0.5, 0.6) is 0 Å². The van der Waals surface area contributed by atoms with Crippen LogP contribution in [0.4, 0.5) is 0 Å². The smallest absolute Gasteiger partial charge is 0.278 e. The van der Waals surface area contributed by atoms with Crippen LogP contribution < -0.4 is 5.32 Å². The fourth-order valence-electron chi connectivity index (χ4n) is 0.638. The van der Waals surface area contributed by atoms with Crippen LogP contribution in [-0.4, -0.2) is 39.8 Å². The van der Waals surface area contributed by atoms with Crippen LogP contribution in [0, 0.1) is 0 Å². The summed E-state index contributed by atoms with van der Waals surface area (Å²) in [7, 11) is 4.29. The van der Waals surface area contributed by atoms with E-state index < -0.39 is 6.29 Å². The van der Waals surface area contributed by atoms with Crippen molar-refractivity contribution in [1.29, 1.82) is 0 Å². The molecule has 1 atom stereocenters. The molecular weight excluding hydrogens is 162 g/mol. The van der Waals surface area contributed by atoms with E-state index in [4.69, 9.17) is 14.2 Å². The number of ether oxygens (including phenoxy) is 3. The van der Waals surface area contributed by atoms with Crippen LogP contribution in [0.1, 0.15) is 6.92 Å². The molecule has 0 rings (SSSR count). The van der Waals surface area contributed by atoms with Crippen molar-refractivity contribution in [3.05, 3.63) is 0 Å². The largest absolute Gasteiger partial charge is 0.362 e. The second kappa shape index (κ2) is 5.93. The second-order valence-corrected chi connectivity index (χ2v) is 2.19. The normalized spacial score (nSPS) is 13.1. The lowest BCUT2D eigenvalue weighted by Gasteiger charge is -2.16. The molecule has 0 saturated heterocycles. The summed E-state index contributed by atoms with van der Waals surface area (Å²) in [5.74, 6) is -0.352. The fourth-order valence-corrected chi connectivity index (χ4v) is 0.638. The molecule has 0 heterocycles. The maximum absolute atomic E-state index is 11.1. The predicted octanol–water partition coefficient (Wildman–Crippen LogP) is -0.286. The van der Waals surface area contributed by atoms with Crippen molar-refractivity contribution in [3.63, 3.8) is 0 Å². The first kappa shape index (κ1) is 11.4. The summed E-state index contributed by atoms with van der Waals surface area (Å²) in [5.41, 5.74) is 0. The molecule has 1 amide bonds. The number of carbonyl (C=O) groups excluding carboxylic acids is 1. The number of amides is 1. The van der Waals surface area contributed by atoms with Crippen LogP contribution in [-0.2, 0) is 19.0 Å². The Morgan fingerprint density at radius 1 is 1.17 bits per heavy atom. The highest BCUT2D eigenvalue weighted by Gasteiger charge is 2.17. The van der Waals surface area contributed by atoms with Gasteiger partial charge in [0.25, 0.3) is 5.91 Å². The molecule has 0 aliphatic rings. The summed E-state index contributed by atoms with van der Waals surface area (Å²) in [5, 5.41) is 2.52. The van der Waals surface area contributed by atoms with E-state index in [0.717, 1.165) is 0 Å². The SMILES string of the molecule is COC(C)NC(=O)C(OC)OC. The molecule has 0 fully saturated rings. The second-order valence-electron chi connectivity index (χ2n) is 2.19. The van der Waals surface area contributed by atoms with Crippen molar-refractivity contribution < 1.29 is 19.0 Å². The van der Waals surface area contributed by atoms with Crippen LogP contribution in [0.3, 0.4) is 0 Å². The van der Waals surface area contributed by atoms with Gasteiger partial charge in [-0.3, -0.25) is 4.79 Å². The third-order valence-corrected chi connectivity index (χ3v) is 1.34. The van der Waals surface area contributed by atoms with Gasteiger partial charge in [0.2, 0.25) is 6.29 Å². The molecule has 0 radical (unpaired) electrons. The molecule has 72 valence electrons. The summed E-state index contributed by atoms with van der Waals surface area (Å²) in [4.78, 5) is 11.1. The summed E-state index contributed by atoms with van der Waals surface area (Å²) in [6.07, 6.45) is -1.21. The lowest BCUT2D eigenvalue weighted by atomic mass is 10.5. The first-order chi connectivity index (χ1) is 5.65. The molecule has 0 spiro atoms. The van der Waals surface area contributed by atoms with E-state index in [9.17, 15) is 4.79 Å². The van der Waals surface area contributed by atoms with E-state index in [1.54, 1.807) is 6.92 Å². The zero-order valence-electron chi connectivity index (χ0n) is 7.79. The van der Waals surface area contributed by atoms with Crippen molar-refractivity contribution in [2.75, 3.05) is 21.3 Å². The molecule has 5 nitrogen and oxygen atoms in total. The third kappa shape index (κ3) is 3.66. The molecule has 0 aromatic heterocycles. The van der Waals surface area contributed by atoms with Gasteiger partial charge in [-0.1, -0.05) is 0 Å². The Morgan fingerprint density at radius 2 is 1.67 bits per heavy atom. The Balaban J connectivity index is 3.84. The highest BCUT2D eigenvalue weighted by molar-refractivity contribution is 5.79. The molecule has 1 N–H and O–H groups in total. The maximum atomic E-state index is 11.1. The van der Waals surface area contributed by atoms with E-state index >= 15 is 0 Å². The molecule has 0 aliphatic heterocycles. The number of nitrogens with one attached hydrogen (secondary N) is 1. The van der Waals surface area contributed by atoms with E-state index in [0.29, 0.717) is 0 Å². The molecule has 0 saturated carbocycles. The van der Waals surface area contributed by atoms with Crippen molar-refractivity contribution in [3.8, 4) is 0 Å². The first-order valence-corrected chi connectivity index (χ1v) is 3.54. The number of carbonyl (C=O) groups is 1. The predicted molar refractivity (Wildman–Crippen MR) is 42.4 cm³/mol. The number of hydrogen-bond acceptors (Lipinski definition) is 4. The summed E-state index contributed by atoms with van der Waals surface area (Å²) >= 11 is 0. The van der Waals surface area contributed by atoms with E-state index in [-0.39, 0.29) is 12.1 Å². The minimum atomic E-state index is -0.873. The topological polar surface area (TPSA) is 56.8 Å².